The van der Waals surface area contributed by atoms with Gasteiger partial charge in [-0.1, -0.05) is 6.07 Å². The summed E-state index contributed by atoms with van der Waals surface area (Å²) in [6.07, 6.45) is 1.36. The van der Waals surface area contributed by atoms with Crippen molar-refractivity contribution in [1.29, 1.82) is 0 Å². The summed E-state index contributed by atoms with van der Waals surface area (Å²) in [6, 6.07) is 3.11. The molecule has 1 aliphatic rings. The van der Waals surface area contributed by atoms with Crippen LogP contribution in [0, 0.1) is 0 Å². The second-order valence-electron chi connectivity index (χ2n) is 5.20. The SMILES string of the molecule is CCN(CCC(=O)O)C(=O)C1CCCN1C(=O)c1cccs1. The number of amides is 2. The Morgan fingerprint density at radius 2 is 2.23 bits per heavy atom. The quantitative estimate of drug-likeness (QED) is 0.863. The number of hydrogen-bond acceptors (Lipinski definition) is 4. The standard InChI is InChI=1S/C15H20N2O4S/c1-2-16(9-7-13(18)19)14(20)11-5-3-8-17(11)15(21)12-6-4-10-22-12/h4,6,10-11H,2-3,5,7-9H2,1H3,(H,18,19). The average molecular weight is 324 g/mol. The van der Waals surface area contributed by atoms with Gasteiger partial charge in [0.1, 0.15) is 6.04 Å². The summed E-state index contributed by atoms with van der Waals surface area (Å²) in [5, 5.41) is 10.6. The van der Waals surface area contributed by atoms with Crippen LogP contribution in [-0.2, 0) is 9.59 Å². The Kier molecular flexibility index (Phi) is 5.54. The number of carbonyl (C=O) groups excluding carboxylic acids is 2. The first kappa shape index (κ1) is 16.5. The maximum absolute atomic E-state index is 12.6. The van der Waals surface area contributed by atoms with Crippen molar-refractivity contribution in [2.45, 2.75) is 32.2 Å². The number of likely N-dealkylation sites (N-methyl/N-ethyl adjacent to an activating group) is 1. The molecule has 0 aliphatic carbocycles. The summed E-state index contributed by atoms with van der Waals surface area (Å²) < 4.78 is 0. The molecule has 22 heavy (non-hydrogen) atoms. The lowest BCUT2D eigenvalue weighted by Crippen LogP contribution is -2.48. The van der Waals surface area contributed by atoms with Crippen molar-refractivity contribution in [2.24, 2.45) is 0 Å². The van der Waals surface area contributed by atoms with E-state index in [1.54, 1.807) is 11.0 Å². The molecular formula is C15H20N2O4S. The Morgan fingerprint density at radius 1 is 1.45 bits per heavy atom. The number of carbonyl (C=O) groups is 3. The zero-order valence-corrected chi connectivity index (χ0v) is 13.3. The van der Waals surface area contributed by atoms with Crippen LogP contribution in [0.25, 0.3) is 0 Å². The minimum absolute atomic E-state index is 0.0782. The summed E-state index contributed by atoms with van der Waals surface area (Å²) in [6.45, 7) is 3.02. The summed E-state index contributed by atoms with van der Waals surface area (Å²) in [5.74, 6) is -1.18. The Bertz CT molecular complexity index is 544. The van der Waals surface area contributed by atoms with Crippen LogP contribution < -0.4 is 0 Å². The van der Waals surface area contributed by atoms with Crippen molar-refractivity contribution in [1.82, 2.24) is 9.80 Å². The van der Waals surface area contributed by atoms with E-state index in [2.05, 4.69) is 0 Å². The van der Waals surface area contributed by atoms with Crippen molar-refractivity contribution in [3.05, 3.63) is 22.4 Å². The van der Waals surface area contributed by atoms with Gasteiger partial charge in [0.05, 0.1) is 11.3 Å². The molecule has 0 aromatic carbocycles. The highest BCUT2D eigenvalue weighted by Gasteiger charge is 2.36. The number of nitrogens with zero attached hydrogens (tertiary/aromatic N) is 2. The van der Waals surface area contributed by atoms with Gasteiger partial charge in [0, 0.05) is 19.6 Å². The van der Waals surface area contributed by atoms with Crippen LogP contribution in [-0.4, -0.2) is 58.4 Å². The van der Waals surface area contributed by atoms with Gasteiger partial charge in [-0.25, -0.2) is 0 Å². The lowest BCUT2D eigenvalue weighted by Gasteiger charge is -2.29. The Balaban J connectivity index is 2.06. The molecule has 0 radical (unpaired) electrons. The molecule has 1 unspecified atom stereocenters. The van der Waals surface area contributed by atoms with Gasteiger partial charge < -0.3 is 14.9 Å². The average Bonchev–Trinajstić information content (AvgIpc) is 3.18. The van der Waals surface area contributed by atoms with Crippen LogP contribution in [0.3, 0.4) is 0 Å². The van der Waals surface area contributed by atoms with Gasteiger partial charge in [-0.3, -0.25) is 14.4 Å². The minimum Gasteiger partial charge on any atom is -0.481 e. The topological polar surface area (TPSA) is 77.9 Å². The summed E-state index contributed by atoms with van der Waals surface area (Å²) in [5.41, 5.74) is 0. The molecule has 6 nitrogen and oxygen atoms in total. The molecule has 2 heterocycles. The van der Waals surface area contributed by atoms with Crippen LogP contribution in [0.2, 0.25) is 0 Å². The van der Waals surface area contributed by atoms with Crippen LogP contribution in [0.15, 0.2) is 17.5 Å². The van der Waals surface area contributed by atoms with Crippen LogP contribution in [0.1, 0.15) is 35.9 Å². The maximum atomic E-state index is 12.6. The number of aliphatic carboxylic acids is 1. The van der Waals surface area contributed by atoms with E-state index in [9.17, 15) is 14.4 Å². The van der Waals surface area contributed by atoms with Crippen molar-refractivity contribution < 1.29 is 19.5 Å². The third-order valence-corrected chi connectivity index (χ3v) is 4.68. The number of carboxylic acid groups (broad SMARTS) is 1. The fourth-order valence-electron chi connectivity index (χ4n) is 2.67. The van der Waals surface area contributed by atoms with E-state index in [0.717, 1.165) is 6.42 Å². The minimum atomic E-state index is -0.927. The first-order chi connectivity index (χ1) is 10.5. The van der Waals surface area contributed by atoms with Gasteiger partial charge in [-0.05, 0) is 31.2 Å². The summed E-state index contributed by atoms with van der Waals surface area (Å²) in [4.78, 5) is 39.6. The molecule has 2 rings (SSSR count). The molecule has 0 bridgehead atoms. The van der Waals surface area contributed by atoms with Crippen molar-refractivity contribution >= 4 is 29.1 Å². The van der Waals surface area contributed by atoms with Crippen LogP contribution in [0.4, 0.5) is 0 Å². The molecule has 1 aliphatic heterocycles. The first-order valence-electron chi connectivity index (χ1n) is 7.39. The molecular weight excluding hydrogens is 304 g/mol. The summed E-state index contributed by atoms with van der Waals surface area (Å²) >= 11 is 1.37. The van der Waals surface area contributed by atoms with Gasteiger partial charge >= 0.3 is 5.97 Å². The Labute approximate surface area is 133 Å². The molecule has 0 saturated carbocycles. The molecule has 2 amide bonds. The largest absolute Gasteiger partial charge is 0.481 e. The van der Waals surface area contributed by atoms with E-state index in [-0.39, 0.29) is 24.8 Å². The molecule has 7 heteroatoms. The molecule has 1 N–H and O–H groups in total. The predicted molar refractivity (Wildman–Crippen MR) is 82.9 cm³/mol. The van der Waals surface area contributed by atoms with E-state index in [0.29, 0.717) is 24.4 Å². The van der Waals surface area contributed by atoms with Crippen molar-refractivity contribution in [3.63, 3.8) is 0 Å². The van der Waals surface area contributed by atoms with Crippen LogP contribution in [0.5, 0.6) is 0 Å². The highest BCUT2D eigenvalue weighted by atomic mass is 32.1. The van der Waals surface area contributed by atoms with E-state index in [1.807, 2.05) is 18.4 Å². The van der Waals surface area contributed by atoms with Crippen molar-refractivity contribution in [2.75, 3.05) is 19.6 Å². The van der Waals surface area contributed by atoms with E-state index >= 15 is 0 Å². The number of rotatable bonds is 6. The molecule has 1 saturated heterocycles. The fourth-order valence-corrected chi connectivity index (χ4v) is 3.35. The van der Waals surface area contributed by atoms with Crippen molar-refractivity contribution in [3.8, 4) is 0 Å². The normalized spacial score (nSPS) is 17.5. The van der Waals surface area contributed by atoms with Gasteiger partial charge in [0.2, 0.25) is 5.91 Å². The number of thiophene rings is 1. The van der Waals surface area contributed by atoms with E-state index in [4.69, 9.17) is 5.11 Å². The third-order valence-electron chi connectivity index (χ3n) is 3.82. The Hall–Kier alpha value is -1.89. The monoisotopic (exact) mass is 324 g/mol. The zero-order valence-electron chi connectivity index (χ0n) is 12.5. The van der Waals surface area contributed by atoms with E-state index < -0.39 is 12.0 Å². The molecule has 120 valence electrons. The molecule has 1 atom stereocenters. The number of likely N-dealkylation sites (tertiary alicyclic amines) is 1. The molecule has 0 spiro atoms. The van der Waals surface area contributed by atoms with Gasteiger partial charge in [0.25, 0.3) is 5.91 Å². The fraction of sp³-hybridized carbons (Fsp3) is 0.533. The molecule has 1 aromatic rings. The smallest absolute Gasteiger partial charge is 0.305 e. The lowest BCUT2D eigenvalue weighted by atomic mass is 10.1. The summed E-state index contributed by atoms with van der Waals surface area (Å²) in [7, 11) is 0. The van der Waals surface area contributed by atoms with Crippen LogP contribution >= 0.6 is 11.3 Å². The first-order valence-corrected chi connectivity index (χ1v) is 8.27. The Morgan fingerprint density at radius 3 is 2.82 bits per heavy atom. The lowest BCUT2D eigenvalue weighted by molar-refractivity contribution is -0.139. The van der Waals surface area contributed by atoms with Gasteiger partial charge in [-0.15, -0.1) is 11.3 Å². The number of carboxylic acids is 1. The predicted octanol–water partition coefficient (Wildman–Crippen LogP) is 1.68. The second-order valence-corrected chi connectivity index (χ2v) is 6.14. The second kappa shape index (κ2) is 7.40. The van der Waals surface area contributed by atoms with E-state index in [1.165, 1.54) is 16.2 Å². The number of hydrogen-bond donors (Lipinski definition) is 1. The maximum Gasteiger partial charge on any atom is 0.305 e. The van der Waals surface area contributed by atoms with Gasteiger partial charge in [0.15, 0.2) is 0 Å². The molecule has 1 aromatic heterocycles. The molecule has 1 fully saturated rings. The third kappa shape index (κ3) is 3.65. The van der Waals surface area contributed by atoms with Gasteiger partial charge in [-0.2, -0.15) is 0 Å². The zero-order chi connectivity index (χ0) is 16.1. The highest BCUT2D eigenvalue weighted by Crippen LogP contribution is 2.23. The highest BCUT2D eigenvalue weighted by molar-refractivity contribution is 7.12.